The lowest BCUT2D eigenvalue weighted by molar-refractivity contribution is 0.0606. The van der Waals surface area contributed by atoms with Crippen molar-refractivity contribution in [3.8, 4) is 11.8 Å². The molecule has 26 heavy (non-hydrogen) atoms. The van der Waals surface area contributed by atoms with Gasteiger partial charge in [0.05, 0.1) is 13.2 Å². The van der Waals surface area contributed by atoms with Gasteiger partial charge in [-0.3, -0.25) is 9.69 Å². The Balaban J connectivity index is 1.67. The Hall–Kier alpha value is -2.55. The minimum atomic E-state index is -0.353. The summed E-state index contributed by atoms with van der Waals surface area (Å²) in [6.07, 6.45) is 0. The van der Waals surface area contributed by atoms with E-state index in [1.165, 1.54) is 0 Å². The standard InChI is InChI=1S/C20H20ClN3O2/c1-26-18-7-3-4-15(13-18)19(14-22)23-8-10-24(11-9-23)20(25)16-5-2-6-17(21)12-16/h2-7,12-13,19H,8-11H2,1H3. The average molecular weight is 370 g/mol. The minimum Gasteiger partial charge on any atom is -0.497 e. The Morgan fingerprint density at radius 1 is 1.15 bits per heavy atom. The van der Waals surface area contributed by atoms with Gasteiger partial charge in [-0.1, -0.05) is 29.8 Å². The summed E-state index contributed by atoms with van der Waals surface area (Å²) in [5.74, 6) is 0.708. The summed E-state index contributed by atoms with van der Waals surface area (Å²) in [5, 5.41) is 10.2. The van der Waals surface area contributed by atoms with Gasteiger partial charge in [-0.25, -0.2) is 0 Å². The first-order valence-electron chi connectivity index (χ1n) is 8.45. The zero-order chi connectivity index (χ0) is 18.5. The molecule has 1 aliphatic rings. The maximum atomic E-state index is 12.6. The van der Waals surface area contributed by atoms with Crippen LogP contribution in [0.5, 0.6) is 5.75 Å². The summed E-state index contributed by atoms with van der Waals surface area (Å²) in [5.41, 5.74) is 1.50. The number of benzene rings is 2. The van der Waals surface area contributed by atoms with E-state index in [2.05, 4.69) is 11.0 Å². The van der Waals surface area contributed by atoms with Crippen LogP contribution in [0.4, 0.5) is 0 Å². The van der Waals surface area contributed by atoms with Crippen molar-refractivity contribution in [1.82, 2.24) is 9.80 Å². The monoisotopic (exact) mass is 369 g/mol. The van der Waals surface area contributed by atoms with Gasteiger partial charge in [0.25, 0.3) is 5.91 Å². The molecule has 1 atom stereocenters. The summed E-state index contributed by atoms with van der Waals surface area (Å²) < 4.78 is 5.25. The molecule has 1 unspecified atom stereocenters. The molecule has 2 aromatic rings. The van der Waals surface area contributed by atoms with Crippen LogP contribution in [0.25, 0.3) is 0 Å². The second kappa shape index (κ2) is 8.22. The number of nitriles is 1. The van der Waals surface area contributed by atoms with Crippen LogP contribution in [0.2, 0.25) is 5.02 Å². The first-order chi connectivity index (χ1) is 12.6. The van der Waals surface area contributed by atoms with E-state index in [-0.39, 0.29) is 11.9 Å². The molecule has 134 valence electrons. The van der Waals surface area contributed by atoms with Crippen LogP contribution in [0.1, 0.15) is 22.0 Å². The van der Waals surface area contributed by atoms with Crippen molar-refractivity contribution < 1.29 is 9.53 Å². The van der Waals surface area contributed by atoms with Gasteiger partial charge in [0.2, 0.25) is 0 Å². The van der Waals surface area contributed by atoms with Crippen LogP contribution < -0.4 is 4.74 Å². The molecule has 0 saturated carbocycles. The molecule has 0 spiro atoms. The third-order valence-corrected chi connectivity index (χ3v) is 4.81. The molecule has 0 radical (unpaired) electrons. The molecule has 1 aliphatic heterocycles. The summed E-state index contributed by atoms with van der Waals surface area (Å²) >= 11 is 5.98. The second-order valence-electron chi connectivity index (χ2n) is 6.15. The van der Waals surface area contributed by atoms with Crippen LogP contribution >= 0.6 is 11.6 Å². The highest BCUT2D eigenvalue weighted by atomic mass is 35.5. The van der Waals surface area contributed by atoms with E-state index >= 15 is 0 Å². The first kappa shape index (κ1) is 18.2. The van der Waals surface area contributed by atoms with E-state index < -0.39 is 0 Å². The fraction of sp³-hybridized carbons (Fsp3) is 0.300. The highest BCUT2D eigenvalue weighted by molar-refractivity contribution is 6.30. The summed E-state index contributed by atoms with van der Waals surface area (Å²) in [7, 11) is 1.61. The van der Waals surface area contributed by atoms with E-state index in [0.29, 0.717) is 36.8 Å². The molecule has 3 rings (SSSR count). The van der Waals surface area contributed by atoms with E-state index in [1.807, 2.05) is 29.2 Å². The van der Waals surface area contributed by atoms with Crippen LogP contribution in [0.15, 0.2) is 48.5 Å². The molecule has 1 saturated heterocycles. The lowest BCUT2D eigenvalue weighted by atomic mass is 10.0. The molecule has 1 heterocycles. The van der Waals surface area contributed by atoms with Gasteiger partial charge in [0, 0.05) is 36.8 Å². The van der Waals surface area contributed by atoms with Crippen LogP contribution in [0.3, 0.4) is 0 Å². The number of hydrogen-bond acceptors (Lipinski definition) is 4. The normalized spacial score (nSPS) is 16.0. The predicted molar refractivity (Wildman–Crippen MR) is 100 cm³/mol. The molecular formula is C20H20ClN3O2. The number of ether oxygens (including phenoxy) is 1. The number of nitrogens with zero attached hydrogens (tertiary/aromatic N) is 3. The van der Waals surface area contributed by atoms with Gasteiger partial charge in [-0.2, -0.15) is 5.26 Å². The first-order valence-corrected chi connectivity index (χ1v) is 8.82. The molecular weight excluding hydrogens is 350 g/mol. The molecule has 1 fully saturated rings. The minimum absolute atomic E-state index is 0.0259. The molecule has 0 aliphatic carbocycles. The van der Waals surface area contributed by atoms with E-state index in [0.717, 1.165) is 11.3 Å². The SMILES string of the molecule is COc1cccc(C(C#N)N2CCN(C(=O)c3cccc(Cl)c3)CC2)c1. The Bertz CT molecular complexity index is 826. The number of carbonyl (C=O) groups is 1. The second-order valence-corrected chi connectivity index (χ2v) is 6.58. The fourth-order valence-corrected chi connectivity index (χ4v) is 3.36. The average Bonchev–Trinajstić information content (AvgIpc) is 2.69. The van der Waals surface area contributed by atoms with Crippen molar-refractivity contribution in [2.24, 2.45) is 0 Å². The third-order valence-electron chi connectivity index (χ3n) is 4.57. The smallest absolute Gasteiger partial charge is 0.253 e. The zero-order valence-electron chi connectivity index (χ0n) is 14.6. The summed E-state index contributed by atoms with van der Waals surface area (Å²) in [4.78, 5) is 16.5. The topological polar surface area (TPSA) is 56.6 Å². The molecule has 6 heteroatoms. The number of hydrogen-bond donors (Lipinski definition) is 0. The number of rotatable bonds is 4. The zero-order valence-corrected chi connectivity index (χ0v) is 15.3. The molecule has 2 aromatic carbocycles. The van der Waals surface area contributed by atoms with Gasteiger partial charge >= 0.3 is 0 Å². The highest BCUT2D eigenvalue weighted by Gasteiger charge is 2.27. The summed E-state index contributed by atoms with van der Waals surface area (Å²) in [6, 6.07) is 16.6. The van der Waals surface area contributed by atoms with E-state index in [9.17, 15) is 10.1 Å². The molecule has 1 amide bonds. The number of piperazine rings is 1. The van der Waals surface area contributed by atoms with E-state index in [4.69, 9.17) is 16.3 Å². The van der Waals surface area contributed by atoms with Gasteiger partial charge in [0.1, 0.15) is 11.8 Å². The van der Waals surface area contributed by atoms with Crippen molar-refractivity contribution in [2.45, 2.75) is 6.04 Å². The van der Waals surface area contributed by atoms with Crippen molar-refractivity contribution in [2.75, 3.05) is 33.3 Å². The van der Waals surface area contributed by atoms with Crippen LogP contribution in [-0.4, -0.2) is 49.0 Å². The highest BCUT2D eigenvalue weighted by Crippen LogP contribution is 2.25. The molecule has 5 nitrogen and oxygen atoms in total. The summed E-state index contributed by atoms with van der Waals surface area (Å²) in [6.45, 7) is 2.43. The molecule has 0 aromatic heterocycles. The quantitative estimate of drug-likeness (QED) is 0.829. The third kappa shape index (κ3) is 3.98. The number of carbonyl (C=O) groups excluding carboxylic acids is 1. The number of methoxy groups -OCH3 is 1. The molecule has 0 N–H and O–H groups in total. The lowest BCUT2D eigenvalue weighted by Gasteiger charge is -2.37. The predicted octanol–water partition coefficient (Wildman–Crippen LogP) is 3.37. The number of halogens is 1. The maximum absolute atomic E-state index is 12.6. The lowest BCUT2D eigenvalue weighted by Crippen LogP contribution is -2.49. The maximum Gasteiger partial charge on any atom is 0.253 e. The Kier molecular flexibility index (Phi) is 5.77. The van der Waals surface area contributed by atoms with Crippen LogP contribution in [-0.2, 0) is 0 Å². The van der Waals surface area contributed by atoms with Crippen molar-refractivity contribution in [1.29, 1.82) is 5.26 Å². The fourth-order valence-electron chi connectivity index (χ4n) is 3.17. The Morgan fingerprint density at radius 3 is 2.54 bits per heavy atom. The van der Waals surface area contributed by atoms with Crippen molar-refractivity contribution >= 4 is 17.5 Å². The van der Waals surface area contributed by atoms with Crippen molar-refractivity contribution in [3.63, 3.8) is 0 Å². The molecule has 0 bridgehead atoms. The Morgan fingerprint density at radius 2 is 1.88 bits per heavy atom. The largest absolute Gasteiger partial charge is 0.497 e. The van der Waals surface area contributed by atoms with E-state index in [1.54, 1.807) is 31.4 Å². The van der Waals surface area contributed by atoms with Gasteiger partial charge in [0.15, 0.2) is 0 Å². The van der Waals surface area contributed by atoms with Gasteiger partial charge in [-0.05, 0) is 35.9 Å². The Labute approximate surface area is 158 Å². The van der Waals surface area contributed by atoms with Crippen LogP contribution in [0, 0.1) is 11.3 Å². The van der Waals surface area contributed by atoms with Crippen molar-refractivity contribution in [3.05, 3.63) is 64.7 Å². The van der Waals surface area contributed by atoms with Gasteiger partial charge < -0.3 is 9.64 Å². The number of amides is 1. The van der Waals surface area contributed by atoms with Gasteiger partial charge in [-0.15, -0.1) is 0 Å².